The number of rotatable bonds is 0. The lowest BCUT2D eigenvalue weighted by Crippen LogP contribution is -2.36. The molecule has 9 heavy (non-hydrogen) atoms. The Kier molecular flexibility index (Phi) is 1.60. The van der Waals surface area contributed by atoms with Gasteiger partial charge in [-0.1, -0.05) is 11.6 Å². The van der Waals surface area contributed by atoms with Crippen LogP contribution in [0.3, 0.4) is 0 Å². The molecule has 2 heteroatoms. The van der Waals surface area contributed by atoms with E-state index >= 15 is 0 Å². The van der Waals surface area contributed by atoms with Gasteiger partial charge in [0.2, 0.25) is 0 Å². The maximum atomic E-state index is 5.21. The largest absolute Gasteiger partial charge is 0.291 e. The summed E-state index contributed by atoms with van der Waals surface area (Å²) in [5.41, 5.74) is 4.07. The molecule has 0 aliphatic carbocycles. The molecule has 0 radical (unpaired) electrons. The molecule has 0 unspecified atom stereocenters. The number of hydrogen-bond acceptors (Lipinski definition) is 2. The third-order valence-corrected chi connectivity index (χ3v) is 1.28. The summed E-state index contributed by atoms with van der Waals surface area (Å²) in [6, 6.07) is 0. The van der Waals surface area contributed by atoms with Crippen molar-refractivity contribution in [1.29, 1.82) is 0 Å². The van der Waals surface area contributed by atoms with Crippen molar-refractivity contribution in [2.75, 3.05) is 6.54 Å². The van der Waals surface area contributed by atoms with Crippen LogP contribution in [-0.2, 0) is 4.84 Å². The standard InChI is InChI=1S/C7H13NO/c1-6-4-7(2,3)9-8-5-6/h4,8H,5H2,1-3H3. The molecule has 0 saturated carbocycles. The minimum atomic E-state index is -0.123. The summed E-state index contributed by atoms with van der Waals surface area (Å²) in [4.78, 5) is 5.21. The molecule has 0 aromatic carbocycles. The second-order valence-electron chi connectivity index (χ2n) is 3.02. The second kappa shape index (κ2) is 2.12. The van der Waals surface area contributed by atoms with E-state index in [2.05, 4.69) is 18.5 Å². The van der Waals surface area contributed by atoms with Crippen molar-refractivity contribution in [3.8, 4) is 0 Å². The lowest BCUT2D eigenvalue weighted by molar-refractivity contribution is -0.0594. The predicted molar refractivity (Wildman–Crippen MR) is 36.9 cm³/mol. The molecule has 0 aromatic rings. The first-order chi connectivity index (χ1) is 4.10. The van der Waals surface area contributed by atoms with Crippen LogP contribution in [0.1, 0.15) is 20.8 Å². The highest BCUT2D eigenvalue weighted by Gasteiger charge is 2.18. The highest BCUT2D eigenvalue weighted by molar-refractivity contribution is 5.09. The molecule has 1 rings (SSSR count). The summed E-state index contributed by atoms with van der Waals surface area (Å²) < 4.78 is 0. The third kappa shape index (κ3) is 1.80. The quantitative estimate of drug-likeness (QED) is 0.494. The van der Waals surface area contributed by atoms with Crippen LogP contribution in [-0.4, -0.2) is 12.1 Å². The lowest BCUT2D eigenvalue weighted by atomic mass is 10.1. The van der Waals surface area contributed by atoms with E-state index < -0.39 is 0 Å². The maximum absolute atomic E-state index is 5.21. The van der Waals surface area contributed by atoms with Crippen LogP contribution >= 0.6 is 0 Å². The van der Waals surface area contributed by atoms with Crippen molar-refractivity contribution in [3.05, 3.63) is 11.6 Å². The van der Waals surface area contributed by atoms with Crippen LogP contribution in [0, 0.1) is 0 Å². The van der Waals surface area contributed by atoms with Gasteiger partial charge in [-0.05, 0) is 20.8 Å². The van der Waals surface area contributed by atoms with Gasteiger partial charge in [-0.25, -0.2) is 0 Å². The molecular weight excluding hydrogens is 114 g/mol. The van der Waals surface area contributed by atoms with Crippen LogP contribution in [0.25, 0.3) is 0 Å². The Morgan fingerprint density at radius 3 is 2.67 bits per heavy atom. The van der Waals surface area contributed by atoms with Crippen molar-refractivity contribution < 1.29 is 4.84 Å². The molecule has 0 amide bonds. The Balaban J connectivity index is 2.68. The van der Waals surface area contributed by atoms with Crippen molar-refractivity contribution in [1.82, 2.24) is 5.48 Å². The Bertz CT molecular complexity index is 138. The predicted octanol–water partition coefficient (Wildman–Crippen LogP) is 1.25. The van der Waals surface area contributed by atoms with Crippen LogP contribution in [0.15, 0.2) is 11.6 Å². The number of hydroxylamine groups is 1. The first kappa shape index (κ1) is 6.78. The van der Waals surface area contributed by atoms with Gasteiger partial charge in [0.1, 0.15) is 5.60 Å². The lowest BCUT2D eigenvalue weighted by Gasteiger charge is -2.26. The fraction of sp³-hybridized carbons (Fsp3) is 0.714. The van der Waals surface area contributed by atoms with E-state index in [9.17, 15) is 0 Å². The molecule has 0 bridgehead atoms. The Morgan fingerprint density at radius 2 is 2.33 bits per heavy atom. The summed E-state index contributed by atoms with van der Waals surface area (Å²) in [6.07, 6.45) is 2.13. The minimum Gasteiger partial charge on any atom is -0.291 e. The Morgan fingerprint density at radius 1 is 1.67 bits per heavy atom. The molecule has 1 aliphatic heterocycles. The Hall–Kier alpha value is -0.340. The molecule has 0 aromatic heterocycles. The monoisotopic (exact) mass is 127 g/mol. The van der Waals surface area contributed by atoms with Gasteiger partial charge >= 0.3 is 0 Å². The van der Waals surface area contributed by atoms with E-state index in [1.165, 1.54) is 5.57 Å². The van der Waals surface area contributed by atoms with E-state index in [0.717, 1.165) is 6.54 Å². The van der Waals surface area contributed by atoms with Gasteiger partial charge in [-0.15, -0.1) is 0 Å². The molecule has 1 aliphatic rings. The van der Waals surface area contributed by atoms with Crippen molar-refractivity contribution in [2.45, 2.75) is 26.4 Å². The fourth-order valence-corrected chi connectivity index (χ4v) is 1.01. The zero-order valence-corrected chi connectivity index (χ0v) is 6.19. The van der Waals surface area contributed by atoms with Gasteiger partial charge in [-0.2, -0.15) is 5.48 Å². The number of nitrogens with one attached hydrogen (secondary N) is 1. The normalized spacial score (nSPS) is 25.4. The zero-order chi connectivity index (χ0) is 6.91. The van der Waals surface area contributed by atoms with Gasteiger partial charge in [0, 0.05) is 6.54 Å². The van der Waals surface area contributed by atoms with E-state index in [-0.39, 0.29) is 5.60 Å². The summed E-state index contributed by atoms with van der Waals surface area (Å²) in [5, 5.41) is 0. The van der Waals surface area contributed by atoms with Crippen molar-refractivity contribution >= 4 is 0 Å². The van der Waals surface area contributed by atoms with Gasteiger partial charge < -0.3 is 0 Å². The third-order valence-electron chi connectivity index (χ3n) is 1.28. The molecule has 0 atom stereocenters. The minimum absolute atomic E-state index is 0.123. The van der Waals surface area contributed by atoms with Crippen LogP contribution < -0.4 is 5.48 Å². The van der Waals surface area contributed by atoms with Gasteiger partial charge in [-0.3, -0.25) is 4.84 Å². The summed E-state index contributed by atoms with van der Waals surface area (Å²) in [5.74, 6) is 0. The topological polar surface area (TPSA) is 21.3 Å². The first-order valence-corrected chi connectivity index (χ1v) is 3.19. The highest BCUT2D eigenvalue weighted by atomic mass is 16.7. The molecule has 52 valence electrons. The average molecular weight is 127 g/mol. The summed E-state index contributed by atoms with van der Waals surface area (Å²) >= 11 is 0. The summed E-state index contributed by atoms with van der Waals surface area (Å²) in [7, 11) is 0. The molecule has 2 nitrogen and oxygen atoms in total. The zero-order valence-electron chi connectivity index (χ0n) is 6.19. The van der Waals surface area contributed by atoms with Crippen molar-refractivity contribution in [3.63, 3.8) is 0 Å². The molecular formula is C7H13NO. The van der Waals surface area contributed by atoms with Crippen LogP contribution in [0.2, 0.25) is 0 Å². The number of hydrogen-bond donors (Lipinski definition) is 1. The van der Waals surface area contributed by atoms with Crippen LogP contribution in [0.4, 0.5) is 0 Å². The van der Waals surface area contributed by atoms with E-state index in [4.69, 9.17) is 4.84 Å². The van der Waals surface area contributed by atoms with Crippen molar-refractivity contribution in [2.24, 2.45) is 0 Å². The SMILES string of the molecule is CC1=CC(C)(C)ONC1. The smallest absolute Gasteiger partial charge is 0.102 e. The van der Waals surface area contributed by atoms with Gasteiger partial charge in [0.25, 0.3) is 0 Å². The summed E-state index contributed by atoms with van der Waals surface area (Å²) in [6.45, 7) is 7.01. The second-order valence-corrected chi connectivity index (χ2v) is 3.02. The van der Waals surface area contributed by atoms with E-state index in [0.29, 0.717) is 0 Å². The van der Waals surface area contributed by atoms with Crippen LogP contribution in [0.5, 0.6) is 0 Å². The molecule has 1 heterocycles. The molecule has 0 spiro atoms. The Labute approximate surface area is 55.9 Å². The average Bonchev–Trinajstić information content (AvgIpc) is 1.60. The van der Waals surface area contributed by atoms with E-state index in [1.807, 2.05) is 13.8 Å². The van der Waals surface area contributed by atoms with E-state index in [1.54, 1.807) is 0 Å². The maximum Gasteiger partial charge on any atom is 0.102 e. The van der Waals surface area contributed by atoms with Gasteiger partial charge in [0.05, 0.1) is 0 Å². The first-order valence-electron chi connectivity index (χ1n) is 3.19. The fourth-order valence-electron chi connectivity index (χ4n) is 1.01. The molecule has 0 saturated heterocycles. The van der Waals surface area contributed by atoms with Gasteiger partial charge in [0.15, 0.2) is 0 Å². The highest BCUT2D eigenvalue weighted by Crippen LogP contribution is 2.15. The molecule has 0 fully saturated rings. The molecule has 1 N–H and O–H groups in total.